The SMILES string of the molecule is CN(C)CCCNC(=O)[C@@H](Cc1ccc(-c2ccccc2)cc1)NC(=O)CC1(CC(=O)O)CCCCC1. The lowest BCUT2D eigenvalue weighted by atomic mass is 9.69. The zero-order valence-electron chi connectivity index (χ0n) is 22.2. The van der Waals surface area contributed by atoms with E-state index in [-0.39, 0.29) is 24.7 Å². The maximum absolute atomic E-state index is 13.2. The first kappa shape index (κ1) is 28.4. The van der Waals surface area contributed by atoms with Gasteiger partial charge in [0.05, 0.1) is 6.42 Å². The third-order valence-corrected chi connectivity index (χ3v) is 7.21. The number of carbonyl (C=O) groups excluding carboxylic acids is 2. The highest BCUT2D eigenvalue weighted by Crippen LogP contribution is 2.42. The van der Waals surface area contributed by atoms with Gasteiger partial charge in [-0.15, -0.1) is 0 Å². The van der Waals surface area contributed by atoms with Crippen molar-refractivity contribution in [2.75, 3.05) is 27.2 Å². The largest absolute Gasteiger partial charge is 0.481 e. The fraction of sp³-hybridized carbons (Fsp3) is 0.500. The summed E-state index contributed by atoms with van der Waals surface area (Å²) in [6.07, 6.45) is 5.71. The molecule has 7 nitrogen and oxygen atoms in total. The van der Waals surface area contributed by atoms with Crippen LogP contribution in [0.1, 0.15) is 56.9 Å². The van der Waals surface area contributed by atoms with Crippen LogP contribution in [0.5, 0.6) is 0 Å². The second-order valence-corrected chi connectivity index (χ2v) is 10.6. The molecule has 0 saturated heterocycles. The van der Waals surface area contributed by atoms with Crippen molar-refractivity contribution in [3.63, 3.8) is 0 Å². The first-order chi connectivity index (χ1) is 17.8. The van der Waals surface area contributed by atoms with Gasteiger partial charge >= 0.3 is 5.97 Å². The lowest BCUT2D eigenvalue weighted by Crippen LogP contribution is -2.49. The van der Waals surface area contributed by atoms with Gasteiger partial charge in [-0.25, -0.2) is 0 Å². The summed E-state index contributed by atoms with van der Waals surface area (Å²) in [6, 6.07) is 17.4. The molecule has 0 bridgehead atoms. The average Bonchev–Trinajstić information content (AvgIpc) is 2.87. The number of hydrogen-bond acceptors (Lipinski definition) is 4. The molecule has 1 fully saturated rings. The standard InChI is InChI=1S/C30H41N3O4/c1-33(2)19-9-18-31-29(37)26(20-23-12-14-25(15-13-23)24-10-5-3-6-11-24)32-27(34)21-30(22-28(35)36)16-7-4-8-17-30/h3,5-6,10-15,26H,4,7-9,16-22H2,1-2H3,(H,31,37)(H,32,34)(H,35,36)/t26-/m1/s1. The van der Waals surface area contributed by atoms with Crippen LogP contribution in [0, 0.1) is 5.41 Å². The third-order valence-electron chi connectivity index (χ3n) is 7.21. The normalized spacial score (nSPS) is 15.6. The number of carboxylic acid groups (broad SMARTS) is 1. The van der Waals surface area contributed by atoms with Gasteiger partial charge in [0.1, 0.15) is 6.04 Å². The van der Waals surface area contributed by atoms with Crippen LogP contribution in [-0.4, -0.2) is 61.0 Å². The van der Waals surface area contributed by atoms with Crippen LogP contribution in [0.3, 0.4) is 0 Å². The van der Waals surface area contributed by atoms with E-state index in [1.54, 1.807) is 0 Å². The molecule has 0 radical (unpaired) electrons. The maximum Gasteiger partial charge on any atom is 0.303 e. The molecule has 1 aliphatic carbocycles. The van der Waals surface area contributed by atoms with Crippen LogP contribution in [0.15, 0.2) is 54.6 Å². The van der Waals surface area contributed by atoms with Crippen LogP contribution in [0.25, 0.3) is 11.1 Å². The molecule has 2 amide bonds. The van der Waals surface area contributed by atoms with Gasteiger partial charge in [0.15, 0.2) is 0 Å². The first-order valence-corrected chi connectivity index (χ1v) is 13.3. The van der Waals surface area contributed by atoms with Gasteiger partial charge in [-0.1, -0.05) is 73.9 Å². The smallest absolute Gasteiger partial charge is 0.303 e. The summed E-state index contributed by atoms with van der Waals surface area (Å²) in [5.74, 6) is -1.34. The third kappa shape index (κ3) is 9.32. The highest BCUT2D eigenvalue weighted by Gasteiger charge is 2.37. The van der Waals surface area contributed by atoms with Gasteiger partial charge in [0, 0.05) is 19.4 Å². The molecule has 3 rings (SSSR count). The molecule has 37 heavy (non-hydrogen) atoms. The molecule has 0 aliphatic heterocycles. The Morgan fingerprint density at radius 1 is 0.919 bits per heavy atom. The van der Waals surface area contributed by atoms with Crippen LogP contribution < -0.4 is 10.6 Å². The molecule has 200 valence electrons. The number of amides is 2. The van der Waals surface area contributed by atoms with Crippen LogP contribution in [0.4, 0.5) is 0 Å². The Bertz CT molecular complexity index is 1010. The molecule has 3 N–H and O–H groups in total. The minimum absolute atomic E-state index is 0.0111. The molecule has 2 aromatic rings. The molecule has 0 unspecified atom stereocenters. The molecule has 1 saturated carbocycles. The van der Waals surface area contributed by atoms with Gasteiger partial charge in [0.2, 0.25) is 11.8 Å². The number of rotatable bonds is 13. The van der Waals surface area contributed by atoms with Crippen molar-refractivity contribution in [2.24, 2.45) is 5.41 Å². The summed E-state index contributed by atoms with van der Waals surface area (Å²) in [6.45, 7) is 1.38. The number of benzene rings is 2. The predicted molar refractivity (Wildman–Crippen MR) is 146 cm³/mol. The second kappa shape index (κ2) is 13.9. The van der Waals surface area contributed by atoms with E-state index in [1.807, 2.05) is 56.6 Å². The van der Waals surface area contributed by atoms with Crippen molar-refractivity contribution < 1.29 is 19.5 Å². The Morgan fingerprint density at radius 2 is 1.57 bits per heavy atom. The fourth-order valence-electron chi connectivity index (χ4n) is 5.26. The fourth-order valence-corrected chi connectivity index (χ4v) is 5.26. The molecule has 0 aromatic heterocycles. The van der Waals surface area contributed by atoms with Crippen molar-refractivity contribution in [3.8, 4) is 11.1 Å². The molecule has 1 aliphatic rings. The first-order valence-electron chi connectivity index (χ1n) is 13.3. The van der Waals surface area contributed by atoms with Crippen molar-refractivity contribution in [1.82, 2.24) is 15.5 Å². The van der Waals surface area contributed by atoms with E-state index in [4.69, 9.17) is 0 Å². The van der Waals surface area contributed by atoms with Crippen molar-refractivity contribution in [2.45, 2.75) is 63.8 Å². The van der Waals surface area contributed by atoms with E-state index in [2.05, 4.69) is 27.7 Å². The van der Waals surface area contributed by atoms with Crippen molar-refractivity contribution in [3.05, 3.63) is 60.2 Å². The second-order valence-electron chi connectivity index (χ2n) is 10.6. The van der Waals surface area contributed by atoms with Crippen LogP contribution in [-0.2, 0) is 20.8 Å². The maximum atomic E-state index is 13.2. The van der Waals surface area contributed by atoms with E-state index in [9.17, 15) is 19.5 Å². The van der Waals surface area contributed by atoms with E-state index >= 15 is 0 Å². The number of aliphatic carboxylic acids is 1. The molecular weight excluding hydrogens is 466 g/mol. The van der Waals surface area contributed by atoms with E-state index < -0.39 is 17.4 Å². The molecule has 7 heteroatoms. The topological polar surface area (TPSA) is 98.7 Å². The molecule has 0 heterocycles. The Labute approximate surface area is 220 Å². The van der Waals surface area contributed by atoms with Gasteiger partial charge in [-0.05, 0) is 62.0 Å². The number of carbonyl (C=O) groups is 3. The summed E-state index contributed by atoms with van der Waals surface area (Å²) < 4.78 is 0. The monoisotopic (exact) mass is 507 g/mol. The van der Waals surface area contributed by atoms with Gasteiger partial charge < -0.3 is 20.6 Å². The number of hydrogen-bond donors (Lipinski definition) is 3. The Kier molecular flexibility index (Phi) is 10.7. The summed E-state index contributed by atoms with van der Waals surface area (Å²) in [4.78, 5) is 39.9. The molecule has 2 aromatic carbocycles. The number of nitrogens with zero attached hydrogens (tertiary/aromatic N) is 1. The van der Waals surface area contributed by atoms with Gasteiger partial charge in [0.25, 0.3) is 0 Å². The van der Waals surface area contributed by atoms with E-state index in [0.717, 1.165) is 61.8 Å². The van der Waals surface area contributed by atoms with Crippen molar-refractivity contribution >= 4 is 17.8 Å². The lowest BCUT2D eigenvalue weighted by Gasteiger charge is -2.36. The summed E-state index contributed by atoms with van der Waals surface area (Å²) >= 11 is 0. The molecule has 1 atom stereocenters. The Hall–Kier alpha value is -3.19. The summed E-state index contributed by atoms with van der Waals surface area (Å²) in [5.41, 5.74) is 2.63. The van der Waals surface area contributed by atoms with Gasteiger partial charge in [-0.3, -0.25) is 14.4 Å². The highest BCUT2D eigenvalue weighted by atomic mass is 16.4. The van der Waals surface area contributed by atoms with Crippen LogP contribution >= 0.6 is 0 Å². The van der Waals surface area contributed by atoms with Gasteiger partial charge in [-0.2, -0.15) is 0 Å². The Morgan fingerprint density at radius 3 is 2.19 bits per heavy atom. The zero-order chi connectivity index (χ0) is 26.7. The molecule has 0 spiro atoms. The van der Waals surface area contributed by atoms with E-state index in [0.29, 0.717) is 13.0 Å². The zero-order valence-corrected chi connectivity index (χ0v) is 22.2. The quantitative estimate of drug-likeness (QED) is 0.352. The minimum Gasteiger partial charge on any atom is -0.481 e. The molecular formula is C30H41N3O4. The highest BCUT2D eigenvalue weighted by molar-refractivity contribution is 5.88. The summed E-state index contributed by atoms with van der Waals surface area (Å²) in [7, 11) is 3.98. The number of carboxylic acids is 1. The lowest BCUT2D eigenvalue weighted by molar-refractivity contribution is -0.141. The van der Waals surface area contributed by atoms with Crippen LogP contribution in [0.2, 0.25) is 0 Å². The van der Waals surface area contributed by atoms with Crippen molar-refractivity contribution in [1.29, 1.82) is 0 Å². The summed E-state index contributed by atoms with van der Waals surface area (Å²) in [5, 5.41) is 15.4. The average molecular weight is 508 g/mol. The minimum atomic E-state index is -0.872. The number of nitrogens with one attached hydrogen (secondary N) is 2. The predicted octanol–water partition coefficient (Wildman–Crippen LogP) is 4.26. The Balaban J connectivity index is 1.70. The van der Waals surface area contributed by atoms with E-state index in [1.165, 1.54) is 0 Å².